The largest absolute Gasteiger partial charge is 0.466 e. The van der Waals surface area contributed by atoms with Gasteiger partial charge in [-0.15, -0.1) is 0 Å². The zero-order valence-electron chi connectivity index (χ0n) is 19.5. The lowest BCUT2D eigenvalue weighted by atomic mass is 10.1. The number of alkyl halides is 2. The average Bonchev–Trinajstić information content (AvgIpc) is 3.16. The van der Waals surface area contributed by atoms with E-state index in [1.165, 1.54) is 17.0 Å². The maximum atomic E-state index is 14.9. The lowest BCUT2D eigenvalue weighted by molar-refractivity contribution is -0.177. The van der Waals surface area contributed by atoms with Crippen LogP contribution < -0.4 is 5.32 Å². The number of ether oxygens (including phenoxy) is 2. The smallest absolute Gasteiger partial charge is 0.410 e. The third kappa shape index (κ3) is 5.79. The maximum Gasteiger partial charge on any atom is 0.410 e. The molecular formula is C22H28F2N4O6. The van der Waals surface area contributed by atoms with Crippen molar-refractivity contribution >= 4 is 34.6 Å². The van der Waals surface area contributed by atoms with E-state index >= 15 is 0 Å². The molecule has 34 heavy (non-hydrogen) atoms. The van der Waals surface area contributed by atoms with Crippen LogP contribution in [0.15, 0.2) is 22.7 Å². The summed E-state index contributed by atoms with van der Waals surface area (Å²) in [6.07, 6.45) is -0.744. The van der Waals surface area contributed by atoms with Gasteiger partial charge in [-0.1, -0.05) is 11.2 Å². The number of rotatable bonds is 6. The first-order valence-corrected chi connectivity index (χ1v) is 10.9. The Morgan fingerprint density at radius 2 is 1.82 bits per heavy atom. The zero-order chi connectivity index (χ0) is 25.1. The molecule has 0 bridgehead atoms. The molecule has 1 fully saturated rings. The summed E-state index contributed by atoms with van der Waals surface area (Å²) in [5, 5.41) is 6.41. The van der Waals surface area contributed by atoms with Gasteiger partial charge in [-0.3, -0.25) is 9.59 Å². The number of piperazine rings is 1. The first-order valence-electron chi connectivity index (χ1n) is 10.9. The molecule has 2 heterocycles. The van der Waals surface area contributed by atoms with Crippen LogP contribution >= 0.6 is 0 Å². The van der Waals surface area contributed by atoms with Gasteiger partial charge in [0.25, 0.3) is 0 Å². The number of amides is 2. The molecule has 1 saturated heterocycles. The minimum absolute atomic E-state index is 0.00262. The summed E-state index contributed by atoms with van der Waals surface area (Å²) in [4.78, 5) is 38.4. The Kier molecular flexibility index (Phi) is 7.39. The van der Waals surface area contributed by atoms with Gasteiger partial charge in [-0.05, 0) is 39.8 Å². The van der Waals surface area contributed by atoms with Gasteiger partial charge in [0.1, 0.15) is 11.3 Å². The van der Waals surface area contributed by atoms with E-state index in [4.69, 9.17) is 14.0 Å². The van der Waals surface area contributed by atoms with Crippen molar-refractivity contribution in [2.45, 2.75) is 45.8 Å². The maximum absolute atomic E-state index is 14.9. The average molecular weight is 482 g/mol. The molecule has 2 aromatic rings. The molecule has 2 amide bonds. The van der Waals surface area contributed by atoms with Crippen molar-refractivity contribution in [3.63, 3.8) is 0 Å². The van der Waals surface area contributed by atoms with E-state index < -0.39 is 29.6 Å². The van der Waals surface area contributed by atoms with Crippen LogP contribution in [-0.2, 0) is 25.5 Å². The number of nitrogens with one attached hydrogen (secondary N) is 1. The third-order valence-corrected chi connectivity index (χ3v) is 5.04. The van der Waals surface area contributed by atoms with E-state index in [0.717, 1.165) is 0 Å². The van der Waals surface area contributed by atoms with Crippen molar-refractivity contribution in [3.05, 3.63) is 23.9 Å². The Bertz CT molecular complexity index is 1060. The minimum Gasteiger partial charge on any atom is -0.466 e. The highest BCUT2D eigenvalue weighted by Gasteiger charge is 2.47. The number of nitrogens with zero attached hydrogens (tertiary/aromatic N) is 3. The summed E-state index contributed by atoms with van der Waals surface area (Å²) >= 11 is 0. The second kappa shape index (κ2) is 9.92. The van der Waals surface area contributed by atoms with E-state index in [-0.39, 0.29) is 56.2 Å². The topological polar surface area (TPSA) is 114 Å². The van der Waals surface area contributed by atoms with Gasteiger partial charge in [0.15, 0.2) is 5.58 Å². The molecule has 186 valence electrons. The quantitative estimate of drug-likeness (QED) is 0.494. The number of anilines is 1. The van der Waals surface area contributed by atoms with Crippen LogP contribution in [0.2, 0.25) is 0 Å². The van der Waals surface area contributed by atoms with Crippen molar-refractivity contribution in [1.82, 2.24) is 15.0 Å². The fourth-order valence-electron chi connectivity index (χ4n) is 3.42. The fraction of sp³-hybridized carbons (Fsp3) is 0.545. The summed E-state index contributed by atoms with van der Waals surface area (Å²) in [6, 6.07) is 0.692. The zero-order valence-corrected chi connectivity index (χ0v) is 19.5. The highest BCUT2D eigenvalue weighted by Crippen LogP contribution is 2.29. The molecule has 1 aromatic carbocycles. The lowest BCUT2D eigenvalue weighted by Gasteiger charge is -2.38. The number of hydrogen-bond acceptors (Lipinski definition) is 8. The van der Waals surface area contributed by atoms with Gasteiger partial charge in [0.05, 0.1) is 18.7 Å². The lowest BCUT2D eigenvalue weighted by Crippen LogP contribution is -2.59. The Balaban J connectivity index is 1.66. The number of halogens is 2. The molecule has 1 aliphatic rings. The van der Waals surface area contributed by atoms with Crippen molar-refractivity contribution in [2.75, 3.05) is 38.1 Å². The standard InChI is InChI=1S/C22H28F2N4O6/c1-5-32-17(29)13-16-14-7-6-8-15(18(14)34-26-16)25-19(30)22(23,24)28-11-9-27(10-12-28)20(31)33-21(2,3)4/h6-8H,5,9-13H2,1-4H3,(H,25,30). The molecule has 0 spiro atoms. The van der Waals surface area contributed by atoms with Crippen LogP contribution in [-0.4, -0.2) is 77.4 Å². The number of carbonyl (C=O) groups excluding carboxylic acids is 3. The van der Waals surface area contributed by atoms with Crippen molar-refractivity contribution < 1.29 is 37.2 Å². The van der Waals surface area contributed by atoms with Crippen LogP contribution in [0, 0.1) is 0 Å². The predicted molar refractivity (Wildman–Crippen MR) is 117 cm³/mol. The molecule has 0 atom stereocenters. The fourth-order valence-corrected chi connectivity index (χ4v) is 3.42. The number of para-hydroxylation sites is 1. The number of fused-ring (bicyclic) bond motifs is 1. The summed E-state index contributed by atoms with van der Waals surface area (Å²) in [7, 11) is 0. The van der Waals surface area contributed by atoms with E-state index in [1.807, 2.05) is 0 Å². The van der Waals surface area contributed by atoms with Gasteiger partial charge >= 0.3 is 24.0 Å². The minimum atomic E-state index is -3.84. The van der Waals surface area contributed by atoms with E-state index in [2.05, 4.69) is 10.5 Å². The van der Waals surface area contributed by atoms with Gasteiger partial charge in [-0.25, -0.2) is 9.69 Å². The van der Waals surface area contributed by atoms with Gasteiger partial charge in [-0.2, -0.15) is 8.78 Å². The summed E-state index contributed by atoms with van der Waals surface area (Å²) in [5.41, 5.74) is -0.358. The third-order valence-electron chi connectivity index (χ3n) is 5.04. The molecule has 1 aromatic heterocycles. The first-order chi connectivity index (χ1) is 15.9. The van der Waals surface area contributed by atoms with Gasteiger partial charge < -0.3 is 24.2 Å². The van der Waals surface area contributed by atoms with Crippen LogP contribution in [0.5, 0.6) is 0 Å². The molecule has 12 heteroatoms. The Morgan fingerprint density at radius 1 is 1.15 bits per heavy atom. The predicted octanol–water partition coefficient (Wildman–Crippen LogP) is 3.02. The van der Waals surface area contributed by atoms with Crippen LogP contribution in [0.25, 0.3) is 11.0 Å². The second-order valence-electron chi connectivity index (χ2n) is 8.74. The molecule has 1 N–H and O–H groups in total. The first kappa shape index (κ1) is 25.3. The summed E-state index contributed by atoms with van der Waals surface area (Å²) in [5.74, 6) is -2.06. The molecule has 0 unspecified atom stereocenters. The normalized spacial score (nSPS) is 15.3. The molecule has 10 nitrogen and oxygen atoms in total. The highest BCUT2D eigenvalue weighted by molar-refractivity contribution is 6.03. The van der Waals surface area contributed by atoms with E-state index in [0.29, 0.717) is 10.3 Å². The van der Waals surface area contributed by atoms with Crippen molar-refractivity contribution in [1.29, 1.82) is 0 Å². The monoisotopic (exact) mass is 482 g/mol. The number of carbonyl (C=O) groups is 3. The van der Waals surface area contributed by atoms with Gasteiger partial charge in [0, 0.05) is 31.6 Å². The van der Waals surface area contributed by atoms with Crippen LogP contribution in [0.3, 0.4) is 0 Å². The van der Waals surface area contributed by atoms with E-state index in [1.54, 1.807) is 33.8 Å². The number of aromatic nitrogens is 1. The summed E-state index contributed by atoms with van der Waals surface area (Å²) in [6.45, 7) is 6.59. The summed E-state index contributed by atoms with van der Waals surface area (Å²) < 4.78 is 45.2. The van der Waals surface area contributed by atoms with Crippen LogP contribution in [0.4, 0.5) is 19.3 Å². The van der Waals surface area contributed by atoms with Crippen LogP contribution in [0.1, 0.15) is 33.4 Å². The SMILES string of the molecule is CCOC(=O)Cc1noc2c(NC(=O)C(F)(F)N3CCN(C(=O)OC(C)(C)C)CC3)cccc12. The van der Waals surface area contributed by atoms with Crippen molar-refractivity contribution in [2.24, 2.45) is 0 Å². The molecule has 3 rings (SSSR count). The molecule has 0 aliphatic carbocycles. The Labute approximate surface area is 195 Å². The highest BCUT2D eigenvalue weighted by atomic mass is 19.3. The Morgan fingerprint density at radius 3 is 2.44 bits per heavy atom. The number of hydrogen-bond donors (Lipinski definition) is 1. The van der Waals surface area contributed by atoms with Crippen molar-refractivity contribution in [3.8, 4) is 0 Å². The molecule has 1 aliphatic heterocycles. The molecular weight excluding hydrogens is 454 g/mol. The number of benzene rings is 1. The second-order valence-corrected chi connectivity index (χ2v) is 8.74. The van der Waals surface area contributed by atoms with E-state index in [9.17, 15) is 23.2 Å². The molecule has 0 saturated carbocycles. The van der Waals surface area contributed by atoms with Gasteiger partial charge in [0.2, 0.25) is 0 Å². The molecule has 0 radical (unpaired) electrons. The Hall–Kier alpha value is -3.28. The number of esters is 1.